The molecule has 0 saturated carbocycles. The first-order valence-electron chi connectivity index (χ1n) is 17.6. The number of hydrogen-bond acceptors (Lipinski definition) is 16. The first-order chi connectivity index (χ1) is 23.4. The summed E-state index contributed by atoms with van der Waals surface area (Å²) >= 11 is 0. The average molecular weight is 727 g/mol. The van der Waals surface area contributed by atoms with Crippen LogP contribution < -0.4 is 0 Å². The lowest BCUT2D eigenvalue weighted by Crippen LogP contribution is -2.47. The Labute approximate surface area is 296 Å². The number of aliphatic hydroxyl groups excluding tert-OH is 1. The Balaban J connectivity index is 1.27. The molecule has 4 heterocycles. The molecule has 50 heavy (non-hydrogen) atoms. The molecule has 4 aliphatic rings. The molecule has 0 aliphatic carbocycles. The van der Waals surface area contributed by atoms with Gasteiger partial charge in [-0.3, -0.25) is 0 Å². The highest BCUT2D eigenvalue weighted by Crippen LogP contribution is 2.25. The van der Waals surface area contributed by atoms with Crippen LogP contribution in [-0.4, -0.2) is 175 Å². The van der Waals surface area contributed by atoms with Gasteiger partial charge in [0.1, 0.15) is 42.2 Å². The minimum Gasteiger partial charge on any atom is -0.393 e. The lowest BCUT2D eigenvalue weighted by Gasteiger charge is -2.30. The molecule has 4 unspecified atom stereocenters. The van der Waals surface area contributed by atoms with Crippen LogP contribution in [0, 0.1) is 0 Å². The van der Waals surface area contributed by atoms with Crippen LogP contribution in [0.5, 0.6) is 0 Å². The van der Waals surface area contributed by atoms with E-state index in [0.29, 0.717) is 26.4 Å². The van der Waals surface area contributed by atoms with E-state index >= 15 is 0 Å². The van der Waals surface area contributed by atoms with Crippen molar-refractivity contribution in [3.8, 4) is 0 Å². The van der Waals surface area contributed by atoms with E-state index in [4.69, 9.17) is 66.3 Å². The van der Waals surface area contributed by atoms with Crippen LogP contribution in [0.3, 0.4) is 0 Å². The van der Waals surface area contributed by atoms with Crippen LogP contribution in [0.25, 0.3) is 0 Å². The first kappa shape index (κ1) is 42.1. The highest BCUT2D eigenvalue weighted by molar-refractivity contribution is 4.80. The topological polar surface area (TPSA) is 170 Å². The van der Waals surface area contributed by atoms with Crippen molar-refractivity contribution in [2.45, 2.75) is 121 Å². The molecule has 0 radical (unpaired) electrons. The lowest BCUT2D eigenvalue weighted by atomic mass is 10.1. The first-order valence-corrected chi connectivity index (χ1v) is 17.6. The summed E-state index contributed by atoms with van der Waals surface area (Å²) in [4.78, 5) is 0. The second kappa shape index (κ2) is 18.6. The maximum absolute atomic E-state index is 11.3. The smallest absolute Gasteiger partial charge is 0.163 e. The third kappa shape index (κ3) is 15.0. The van der Waals surface area contributed by atoms with Gasteiger partial charge in [0.2, 0.25) is 0 Å². The van der Waals surface area contributed by atoms with Gasteiger partial charge in [0.25, 0.3) is 0 Å². The van der Waals surface area contributed by atoms with Crippen LogP contribution in [0.4, 0.5) is 0 Å². The Hall–Kier alpha value is -0.640. The molecule has 16 heteroatoms. The molecule has 0 aromatic carbocycles. The van der Waals surface area contributed by atoms with Gasteiger partial charge in [-0.2, -0.15) is 0 Å². The largest absolute Gasteiger partial charge is 0.393 e. The number of rotatable bonds is 23. The summed E-state index contributed by atoms with van der Waals surface area (Å²) in [6.07, 6.45) is -2.06. The monoisotopic (exact) mass is 726 g/mol. The predicted octanol–water partition coefficient (Wildman–Crippen LogP) is 1.15. The van der Waals surface area contributed by atoms with E-state index in [2.05, 4.69) is 0 Å². The van der Waals surface area contributed by atoms with Gasteiger partial charge in [0, 0.05) is 0 Å². The Morgan fingerprint density at radius 3 is 0.980 bits per heavy atom. The van der Waals surface area contributed by atoms with E-state index < -0.39 is 47.6 Å². The Kier molecular flexibility index (Phi) is 15.7. The molecule has 0 spiro atoms. The molecule has 0 aromatic heterocycles. The summed E-state index contributed by atoms with van der Waals surface area (Å²) in [7, 11) is 0. The maximum atomic E-state index is 11.3. The zero-order valence-corrected chi connectivity index (χ0v) is 31.2. The molecule has 4 fully saturated rings. The summed E-state index contributed by atoms with van der Waals surface area (Å²) < 4.78 is 81.6. The quantitative estimate of drug-likeness (QED) is 0.154. The Bertz CT molecular complexity index is 856. The third-order valence-electron chi connectivity index (χ3n) is 8.17. The molecule has 0 aromatic rings. The van der Waals surface area contributed by atoms with E-state index in [-0.39, 0.29) is 90.5 Å². The fourth-order valence-corrected chi connectivity index (χ4v) is 5.67. The fraction of sp³-hybridized carbons (Fsp3) is 1.00. The van der Waals surface area contributed by atoms with Crippen LogP contribution in [-0.2, 0) is 66.3 Å². The molecule has 2 N–H and O–H groups in total. The molecular formula is C34H62O16. The maximum Gasteiger partial charge on any atom is 0.163 e. The molecule has 4 rings (SSSR count). The van der Waals surface area contributed by atoms with Crippen molar-refractivity contribution in [2.24, 2.45) is 0 Å². The van der Waals surface area contributed by atoms with Crippen molar-refractivity contribution < 1.29 is 76.5 Å². The standard InChI is InChI=1S/C34H62O16/c1-30(2)43-17-26(47-30)13-37-9-24(10-38-14-27-18-44-31(3,4)48-27)41-22-34(36,21-35)23-42-25(11-39-15-28-19-45-32(5,6)49-28)12-40-16-29-20-46-33(7,8)50-29/h24-29,35-36H,9-23H2,1-8H3. The summed E-state index contributed by atoms with van der Waals surface area (Å²) in [5.41, 5.74) is -1.74. The average Bonchev–Trinajstić information content (AvgIpc) is 3.78. The van der Waals surface area contributed by atoms with Crippen molar-refractivity contribution in [2.75, 3.05) is 99.1 Å². The summed E-state index contributed by atoms with van der Waals surface area (Å²) in [5.74, 6) is -2.66. The molecular weight excluding hydrogens is 664 g/mol. The predicted molar refractivity (Wildman–Crippen MR) is 174 cm³/mol. The second-order valence-electron chi connectivity index (χ2n) is 15.2. The van der Waals surface area contributed by atoms with Crippen LogP contribution in [0.2, 0.25) is 0 Å². The fourth-order valence-electron chi connectivity index (χ4n) is 5.67. The third-order valence-corrected chi connectivity index (χ3v) is 8.17. The highest BCUT2D eigenvalue weighted by atomic mass is 16.8. The van der Waals surface area contributed by atoms with Crippen molar-refractivity contribution in [3.05, 3.63) is 0 Å². The van der Waals surface area contributed by atoms with Crippen LogP contribution >= 0.6 is 0 Å². The Morgan fingerprint density at radius 2 is 0.780 bits per heavy atom. The minimum atomic E-state index is -1.74. The van der Waals surface area contributed by atoms with Crippen molar-refractivity contribution in [3.63, 3.8) is 0 Å². The minimum absolute atomic E-state index is 0.147. The van der Waals surface area contributed by atoms with Gasteiger partial charge in [0.15, 0.2) is 23.1 Å². The van der Waals surface area contributed by atoms with Gasteiger partial charge in [-0.15, -0.1) is 0 Å². The highest BCUT2D eigenvalue weighted by Gasteiger charge is 2.37. The van der Waals surface area contributed by atoms with Gasteiger partial charge in [0.05, 0.1) is 99.1 Å². The molecule has 4 atom stereocenters. The summed E-state index contributed by atoms with van der Waals surface area (Å²) in [6, 6.07) is 0. The SMILES string of the molecule is CC1(C)OCC(COCC(COCC2COC(C)(C)O2)OCC(O)(CO)COC(COCC2COC(C)(C)O2)COCC2COC(C)(C)O2)O1. The molecule has 4 saturated heterocycles. The molecule has 4 aliphatic heterocycles. The second-order valence-corrected chi connectivity index (χ2v) is 15.2. The van der Waals surface area contributed by atoms with E-state index in [9.17, 15) is 10.2 Å². The van der Waals surface area contributed by atoms with E-state index in [0.717, 1.165) is 0 Å². The van der Waals surface area contributed by atoms with Crippen molar-refractivity contribution in [1.29, 1.82) is 0 Å². The Morgan fingerprint density at radius 1 is 0.520 bits per heavy atom. The molecule has 294 valence electrons. The molecule has 0 amide bonds. The van der Waals surface area contributed by atoms with Gasteiger partial charge in [-0.1, -0.05) is 0 Å². The molecule has 0 bridgehead atoms. The lowest BCUT2D eigenvalue weighted by molar-refractivity contribution is -0.178. The van der Waals surface area contributed by atoms with Crippen molar-refractivity contribution >= 4 is 0 Å². The van der Waals surface area contributed by atoms with Gasteiger partial charge >= 0.3 is 0 Å². The van der Waals surface area contributed by atoms with E-state index in [1.165, 1.54) is 0 Å². The summed E-state index contributed by atoms with van der Waals surface area (Å²) in [6.45, 7) is 17.1. The zero-order valence-electron chi connectivity index (χ0n) is 31.2. The number of ether oxygens (including phenoxy) is 14. The van der Waals surface area contributed by atoms with Gasteiger partial charge < -0.3 is 76.5 Å². The van der Waals surface area contributed by atoms with E-state index in [1.54, 1.807) is 0 Å². The van der Waals surface area contributed by atoms with Crippen LogP contribution in [0.1, 0.15) is 55.4 Å². The zero-order chi connectivity index (χ0) is 36.5. The van der Waals surface area contributed by atoms with Crippen molar-refractivity contribution in [1.82, 2.24) is 0 Å². The normalized spacial score (nSPS) is 30.8. The van der Waals surface area contributed by atoms with Gasteiger partial charge in [-0.25, -0.2) is 0 Å². The van der Waals surface area contributed by atoms with Gasteiger partial charge in [-0.05, 0) is 55.4 Å². The number of hydrogen-bond donors (Lipinski definition) is 2. The summed E-state index contributed by atoms with van der Waals surface area (Å²) in [5, 5.41) is 21.6. The molecule has 16 nitrogen and oxygen atoms in total. The van der Waals surface area contributed by atoms with E-state index in [1.807, 2.05) is 55.4 Å². The van der Waals surface area contributed by atoms with Crippen LogP contribution in [0.15, 0.2) is 0 Å². The number of aliphatic hydroxyl groups is 2.